The van der Waals surface area contributed by atoms with Gasteiger partial charge in [-0.2, -0.15) is 0 Å². The first-order chi connectivity index (χ1) is 9.15. The third kappa shape index (κ3) is 3.01. The first-order valence-electron chi connectivity index (χ1n) is 5.56. The summed E-state index contributed by atoms with van der Waals surface area (Å²) < 4.78 is 18.6. The third-order valence-electron chi connectivity index (χ3n) is 2.75. The first-order valence-corrected chi connectivity index (χ1v) is 5.94. The van der Waals surface area contributed by atoms with E-state index in [0.717, 1.165) is 5.56 Å². The van der Waals surface area contributed by atoms with E-state index in [-0.39, 0.29) is 5.82 Å². The van der Waals surface area contributed by atoms with Gasteiger partial charge in [-0.05, 0) is 29.8 Å². The monoisotopic (exact) mass is 281 g/mol. The standard InChI is InChI=1S/C13H13ClFN3O/c1-19-11-4-3-9(15)6-10(11)13(18-16)8-2-5-12(14)17-7-8/h2-7,13,18H,16H2,1H3. The van der Waals surface area contributed by atoms with Crippen molar-refractivity contribution in [1.29, 1.82) is 0 Å². The van der Waals surface area contributed by atoms with Crippen molar-refractivity contribution in [3.8, 4) is 5.75 Å². The summed E-state index contributed by atoms with van der Waals surface area (Å²) in [6, 6.07) is 7.24. The summed E-state index contributed by atoms with van der Waals surface area (Å²) in [7, 11) is 1.52. The Balaban J connectivity index is 2.47. The summed E-state index contributed by atoms with van der Waals surface area (Å²) in [6.07, 6.45) is 1.58. The molecule has 0 aliphatic heterocycles. The molecule has 1 aromatic heterocycles. The molecule has 3 N–H and O–H groups in total. The van der Waals surface area contributed by atoms with Gasteiger partial charge in [-0.25, -0.2) is 14.8 Å². The topological polar surface area (TPSA) is 60.2 Å². The fraction of sp³-hybridized carbons (Fsp3) is 0.154. The van der Waals surface area contributed by atoms with Crippen molar-refractivity contribution >= 4 is 11.6 Å². The minimum atomic E-state index is -0.435. The van der Waals surface area contributed by atoms with Gasteiger partial charge in [0.05, 0.1) is 13.2 Å². The lowest BCUT2D eigenvalue weighted by atomic mass is 10.00. The zero-order valence-corrected chi connectivity index (χ0v) is 11.0. The Kier molecular flexibility index (Phi) is 4.31. The van der Waals surface area contributed by atoms with Gasteiger partial charge in [0, 0.05) is 11.8 Å². The van der Waals surface area contributed by atoms with Crippen molar-refractivity contribution in [2.45, 2.75) is 6.04 Å². The number of hydrogen-bond donors (Lipinski definition) is 2. The molecule has 1 heterocycles. The molecule has 4 nitrogen and oxygen atoms in total. The molecule has 0 fully saturated rings. The molecule has 2 aromatic rings. The number of hydrazine groups is 1. The summed E-state index contributed by atoms with van der Waals surface area (Å²) in [5.74, 6) is 5.74. The number of benzene rings is 1. The Labute approximate surface area is 115 Å². The van der Waals surface area contributed by atoms with Gasteiger partial charge in [0.25, 0.3) is 0 Å². The van der Waals surface area contributed by atoms with Gasteiger partial charge in [0.1, 0.15) is 16.7 Å². The quantitative estimate of drug-likeness (QED) is 0.513. The zero-order chi connectivity index (χ0) is 13.8. The average Bonchev–Trinajstić information content (AvgIpc) is 2.42. The molecule has 1 aromatic carbocycles. The van der Waals surface area contributed by atoms with Crippen LogP contribution in [0.1, 0.15) is 17.2 Å². The number of rotatable bonds is 4. The summed E-state index contributed by atoms with van der Waals surface area (Å²) in [4.78, 5) is 3.99. The largest absolute Gasteiger partial charge is 0.496 e. The second-order valence-corrected chi connectivity index (χ2v) is 4.29. The maximum Gasteiger partial charge on any atom is 0.129 e. The van der Waals surface area contributed by atoms with Crippen molar-refractivity contribution in [2.75, 3.05) is 7.11 Å². The molecular formula is C13H13ClFN3O. The van der Waals surface area contributed by atoms with E-state index in [1.807, 2.05) is 0 Å². The number of nitrogens with zero attached hydrogens (tertiary/aromatic N) is 1. The highest BCUT2D eigenvalue weighted by atomic mass is 35.5. The van der Waals surface area contributed by atoms with Crippen LogP contribution in [0.2, 0.25) is 5.15 Å². The number of pyridine rings is 1. The van der Waals surface area contributed by atoms with Gasteiger partial charge in [-0.3, -0.25) is 5.84 Å². The minimum absolute atomic E-state index is 0.363. The molecule has 0 spiro atoms. The number of hydrogen-bond acceptors (Lipinski definition) is 4. The summed E-state index contributed by atoms with van der Waals surface area (Å²) in [5.41, 5.74) is 3.98. The molecule has 0 saturated heterocycles. The number of ether oxygens (including phenoxy) is 1. The molecule has 1 unspecified atom stereocenters. The highest BCUT2D eigenvalue weighted by Crippen LogP contribution is 2.30. The smallest absolute Gasteiger partial charge is 0.129 e. The Hall–Kier alpha value is -1.69. The molecular weight excluding hydrogens is 269 g/mol. The molecule has 19 heavy (non-hydrogen) atoms. The summed E-state index contributed by atoms with van der Waals surface area (Å²) >= 11 is 5.74. The lowest BCUT2D eigenvalue weighted by Crippen LogP contribution is -2.29. The van der Waals surface area contributed by atoms with Crippen LogP contribution in [0.25, 0.3) is 0 Å². The van der Waals surface area contributed by atoms with Crippen molar-refractivity contribution in [3.05, 3.63) is 58.6 Å². The van der Waals surface area contributed by atoms with Crippen molar-refractivity contribution in [2.24, 2.45) is 5.84 Å². The van der Waals surface area contributed by atoms with Crippen LogP contribution in [-0.2, 0) is 0 Å². The zero-order valence-electron chi connectivity index (χ0n) is 10.2. The third-order valence-corrected chi connectivity index (χ3v) is 2.98. The highest BCUT2D eigenvalue weighted by molar-refractivity contribution is 6.29. The van der Waals surface area contributed by atoms with Crippen LogP contribution in [0.5, 0.6) is 5.75 Å². The number of nitrogens with two attached hydrogens (primary N) is 1. The fourth-order valence-corrected chi connectivity index (χ4v) is 1.97. The minimum Gasteiger partial charge on any atom is -0.496 e. The SMILES string of the molecule is COc1ccc(F)cc1C(NN)c1ccc(Cl)nc1. The Morgan fingerprint density at radius 1 is 1.37 bits per heavy atom. The van der Waals surface area contributed by atoms with E-state index in [2.05, 4.69) is 10.4 Å². The van der Waals surface area contributed by atoms with Crippen LogP contribution in [-0.4, -0.2) is 12.1 Å². The fourth-order valence-electron chi connectivity index (χ4n) is 1.85. The second-order valence-electron chi connectivity index (χ2n) is 3.90. The number of aromatic nitrogens is 1. The molecule has 6 heteroatoms. The van der Waals surface area contributed by atoms with E-state index in [1.54, 1.807) is 24.4 Å². The van der Waals surface area contributed by atoms with Crippen LogP contribution in [0.4, 0.5) is 4.39 Å². The maximum atomic E-state index is 13.4. The number of nitrogens with one attached hydrogen (secondary N) is 1. The predicted molar refractivity (Wildman–Crippen MR) is 71.4 cm³/mol. The molecule has 0 radical (unpaired) electrons. The molecule has 0 saturated carbocycles. The van der Waals surface area contributed by atoms with E-state index >= 15 is 0 Å². The average molecular weight is 282 g/mol. The predicted octanol–water partition coefficient (Wildman–Crippen LogP) is 2.44. The molecule has 2 rings (SSSR count). The lowest BCUT2D eigenvalue weighted by molar-refractivity contribution is 0.402. The van der Waals surface area contributed by atoms with E-state index in [1.165, 1.54) is 19.2 Å². The Morgan fingerprint density at radius 2 is 2.16 bits per heavy atom. The van der Waals surface area contributed by atoms with Gasteiger partial charge in [0.2, 0.25) is 0 Å². The van der Waals surface area contributed by atoms with Gasteiger partial charge in [-0.15, -0.1) is 0 Å². The number of methoxy groups -OCH3 is 1. The summed E-state index contributed by atoms with van der Waals surface area (Å²) in [5, 5.41) is 0.380. The van der Waals surface area contributed by atoms with E-state index < -0.39 is 6.04 Å². The summed E-state index contributed by atoms with van der Waals surface area (Å²) in [6.45, 7) is 0. The Morgan fingerprint density at radius 3 is 2.74 bits per heavy atom. The van der Waals surface area contributed by atoms with Crippen LogP contribution < -0.4 is 16.0 Å². The second kappa shape index (κ2) is 5.97. The molecule has 1 atom stereocenters. The van der Waals surface area contributed by atoms with Crippen molar-refractivity contribution < 1.29 is 9.13 Å². The van der Waals surface area contributed by atoms with Gasteiger partial charge < -0.3 is 4.74 Å². The maximum absolute atomic E-state index is 13.4. The van der Waals surface area contributed by atoms with Gasteiger partial charge in [-0.1, -0.05) is 17.7 Å². The highest BCUT2D eigenvalue weighted by Gasteiger charge is 2.18. The van der Waals surface area contributed by atoms with Crippen molar-refractivity contribution in [3.63, 3.8) is 0 Å². The van der Waals surface area contributed by atoms with Crippen LogP contribution in [0.15, 0.2) is 36.5 Å². The Bertz CT molecular complexity index is 562. The van der Waals surface area contributed by atoms with Crippen LogP contribution >= 0.6 is 11.6 Å². The molecule has 0 bridgehead atoms. The van der Waals surface area contributed by atoms with E-state index in [0.29, 0.717) is 16.5 Å². The number of halogens is 2. The van der Waals surface area contributed by atoms with E-state index in [4.69, 9.17) is 22.2 Å². The van der Waals surface area contributed by atoms with Crippen molar-refractivity contribution in [1.82, 2.24) is 10.4 Å². The molecule has 0 amide bonds. The molecule has 0 aliphatic carbocycles. The normalized spacial score (nSPS) is 12.2. The molecule has 0 aliphatic rings. The van der Waals surface area contributed by atoms with E-state index in [9.17, 15) is 4.39 Å². The lowest BCUT2D eigenvalue weighted by Gasteiger charge is -2.19. The van der Waals surface area contributed by atoms with Crippen LogP contribution in [0, 0.1) is 5.82 Å². The van der Waals surface area contributed by atoms with Gasteiger partial charge >= 0.3 is 0 Å². The molecule has 100 valence electrons. The first kappa shape index (κ1) is 13.7. The van der Waals surface area contributed by atoms with Gasteiger partial charge in [0.15, 0.2) is 0 Å². The van der Waals surface area contributed by atoms with Crippen LogP contribution in [0.3, 0.4) is 0 Å².